The highest BCUT2D eigenvalue weighted by molar-refractivity contribution is 5.75. The van der Waals surface area contributed by atoms with E-state index in [9.17, 15) is 22.4 Å². The number of rotatable bonds is 3. The molecule has 1 unspecified atom stereocenters. The molecule has 4 nitrogen and oxygen atoms in total. The molecule has 16 heavy (non-hydrogen) atoms. The highest BCUT2D eigenvalue weighted by atomic mass is 19.4. The monoisotopic (exact) mass is 244 g/mol. The third-order valence-corrected chi connectivity index (χ3v) is 2.15. The molecule has 0 aromatic rings. The Balaban J connectivity index is 2.52. The largest absolute Gasteiger partial charge is 0.490 e. The first-order chi connectivity index (χ1) is 7.45. The molecule has 1 N–H and O–H groups in total. The van der Waals surface area contributed by atoms with Gasteiger partial charge in [-0.05, 0) is 0 Å². The lowest BCUT2D eigenvalue weighted by Gasteiger charge is -2.34. The van der Waals surface area contributed by atoms with Gasteiger partial charge in [0.2, 0.25) is 0 Å². The molecule has 8 heteroatoms. The molecular weight excluding hydrogens is 232 g/mol. The van der Waals surface area contributed by atoms with Gasteiger partial charge >= 0.3 is 12.1 Å². The summed E-state index contributed by atoms with van der Waals surface area (Å²) in [6.07, 6.45) is -6.07. The van der Waals surface area contributed by atoms with E-state index in [1.165, 1.54) is 4.90 Å². The lowest BCUT2D eigenvalue weighted by Crippen LogP contribution is -2.54. The average molecular weight is 244 g/mol. The summed E-state index contributed by atoms with van der Waals surface area (Å²) in [7, 11) is 0. The Morgan fingerprint density at radius 1 is 1.50 bits per heavy atom. The van der Waals surface area contributed by atoms with Crippen LogP contribution in [0, 0.1) is 0 Å². The molecule has 1 rings (SSSR count). The Morgan fingerprint density at radius 2 is 2.19 bits per heavy atom. The fourth-order valence-corrected chi connectivity index (χ4v) is 1.39. The van der Waals surface area contributed by atoms with Gasteiger partial charge in [-0.25, -0.2) is 9.18 Å². The molecule has 0 aliphatic carbocycles. The number of hydrogen-bond donors (Lipinski definition) is 1. The molecule has 1 saturated heterocycles. The van der Waals surface area contributed by atoms with Gasteiger partial charge in [0.05, 0.1) is 0 Å². The van der Waals surface area contributed by atoms with E-state index in [-0.39, 0.29) is 13.1 Å². The minimum absolute atomic E-state index is 0.0442. The third-order valence-electron chi connectivity index (χ3n) is 2.15. The zero-order valence-electron chi connectivity index (χ0n) is 8.39. The minimum atomic E-state index is -5.02. The Bertz CT molecular complexity index is 245. The van der Waals surface area contributed by atoms with Crippen LogP contribution in [0.4, 0.5) is 17.6 Å². The van der Waals surface area contributed by atoms with E-state index in [2.05, 4.69) is 10.1 Å². The van der Waals surface area contributed by atoms with E-state index in [1.54, 1.807) is 0 Å². The molecule has 0 radical (unpaired) electrons. The molecule has 1 atom stereocenters. The van der Waals surface area contributed by atoms with Crippen molar-refractivity contribution in [1.29, 1.82) is 0 Å². The van der Waals surface area contributed by atoms with Crippen molar-refractivity contribution in [2.75, 3.05) is 32.9 Å². The summed E-state index contributed by atoms with van der Waals surface area (Å²) in [5, 5.41) is 2.77. The van der Waals surface area contributed by atoms with Gasteiger partial charge in [-0.3, -0.25) is 4.90 Å². The van der Waals surface area contributed by atoms with Crippen LogP contribution >= 0.6 is 0 Å². The van der Waals surface area contributed by atoms with Crippen LogP contribution in [0.1, 0.15) is 0 Å². The van der Waals surface area contributed by atoms with Crippen LogP contribution in [-0.4, -0.2) is 56.1 Å². The predicted octanol–water partition coefficient (Wildman–Crippen LogP) is 0.293. The first-order valence-corrected chi connectivity index (χ1v) is 4.73. The van der Waals surface area contributed by atoms with Gasteiger partial charge in [0.25, 0.3) is 0 Å². The van der Waals surface area contributed by atoms with Gasteiger partial charge in [0, 0.05) is 26.2 Å². The number of piperazine rings is 1. The normalized spacial score (nSPS) is 23.1. The van der Waals surface area contributed by atoms with Crippen molar-refractivity contribution in [3.05, 3.63) is 0 Å². The second kappa shape index (κ2) is 5.44. The smallest absolute Gasteiger partial charge is 0.438 e. The molecule has 0 amide bonds. The molecule has 1 aliphatic heterocycles. The molecule has 94 valence electrons. The number of alkyl halides is 4. The predicted molar refractivity (Wildman–Crippen MR) is 46.4 cm³/mol. The summed E-state index contributed by atoms with van der Waals surface area (Å²) in [4.78, 5) is 11.9. The van der Waals surface area contributed by atoms with E-state index in [0.29, 0.717) is 13.1 Å². The number of nitrogens with one attached hydrogen (secondary N) is 1. The molecule has 1 fully saturated rings. The van der Waals surface area contributed by atoms with Gasteiger partial charge in [-0.1, -0.05) is 0 Å². The maximum Gasteiger partial charge on any atom is 0.490 e. The first kappa shape index (κ1) is 13.2. The van der Waals surface area contributed by atoms with Crippen molar-refractivity contribution in [3.8, 4) is 0 Å². The van der Waals surface area contributed by atoms with Gasteiger partial charge in [0.15, 0.2) is 6.23 Å². The standard InChI is InChI=1S/C8H12F4N2O2/c9-1-3-14-4-2-13-5-6(14)16-7(15)8(10,11)12/h6,13H,1-5H2. The summed E-state index contributed by atoms with van der Waals surface area (Å²) >= 11 is 0. The number of ether oxygens (including phenoxy) is 1. The molecule has 0 spiro atoms. The number of halogens is 4. The molecular formula is C8H12F4N2O2. The lowest BCUT2D eigenvalue weighted by molar-refractivity contribution is -0.213. The lowest BCUT2D eigenvalue weighted by atomic mass is 10.3. The van der Waals surface area contributed by atoms with Crippen LogP contribution in [-0.2, 0) is 9.53 Å². The van der Waals surface area contributed by atoms with E-state index < -0.39 is 25.0 Å². The maximum absolute atomic E-state index is 12.1. The summed E-state index contributed by atoms with van der Waals surface area (Å²) in [5.74, 6) is -2.25. The Morgan fingerprint density at radius 3 is 2.75 bits per heavy atom. The summed E-state index contributed by atoms with van der Waals surface area (Å²) in [5.41, 5.74) is 0. The van der Waals surface area contributed by atoms with Gasteiger partial charge in [-0.15, -0.1) is 0 Å². The molecule has 0 saturated carbocycles. The number of nitrogens with zero attached hydrogens (tertiary/aromatic N) is 1. The van der Waals surface area contributed by atoms with Gasteiger partial charge in [0.1, 0.15) is 6.67 Å². The van der Waals surface area contributed by atoms with Crippen LogP contribution < -0.4 is 5.32 Å². The van der Waals surface area contributed by atoms with Crippen molar-refractivity contribution in [1.82, 2.24) is 10.2 Å². The zero-order valence-corrected chi connectivity index (χ0v) is 8.39. The third kappa shape index (κ3) is 3.60. The van der Waals surface area contributed by atoms with Crippen molar-refractivity contribution >= 4 is 5.97 Å². The molecule has 0 aromatic carbocycles. The molecule has 1 heterocycles. The van der Waals surface area contributed by atoms with Crippen LogP contribution in [0.5, 0.6) is 0 Å². The van der Waals surface area contributed by atoms with E-state index in [1.807, 2.05) is 0 Å². The van der Waals surface area contributed by atoms with E-state index in [4.69, 9.17) is 0 Å². The summed E-state index contributed by atoms with van der Waals surface area (Å²) in [6, 6.07) is 0. The fourth-order valence-electron chi connectivity index (χ4n) is 1.39. The number of carbonyl (C=O) groups excluding carboxylic acids is 1. The Hall–Kier alpha value is -0.890. The fraction of sp³-hybridized carbons (Fsp3) is 0.875. The van der Waals surface area contributed by atoms with Gasteiger partial charge < -0.3 is 10.1 Å². The highest BCUT2D eigenvalue weighted by Crippen LogP contribution is 2.18. The van der Waals surface area contributed by atoms with Crippen molar-refractivity contribution in [2.45, 2.75) is 12.4 Å². The van der Waals surface area contributed by atoms with E-state index >= 15 is 0 Å². The quantitative estimate of drug-likeness (QED) is 0.572. The Labute approximate surface area is 89.5 Å². The number of hydrogen-bond acceptors (Lipinski definition) is 4. The number of carbonyl (C=O) groups is 1. The average Bonchev–Trinajstić information content (AvgIpc) is 2.20. The highest BCUT2D eigenvalue weighted by Gasteiger charge is 2.43. The molecule has 1 aliphatic rings. The Kier molecular flexibility index (Phi) is 4.48. The van der Waals surface area contributed by atoms with E-state index in [0.717, 1.165) is 0 Å². The zero-order chi connectivity index (χ0) is 12.2. The first-order valence-electron chi connectivity index (χ1n) is 4.73. The topological polar surface area (TPSA) is 41.6 Å². The van der Waals surface area contributed by atoms with Gasteiger partial charge in [-0.2, -0.15) is 13.2 Å². The van der Waals surface area contributed by atoms with Crippen LogP contribution in [0.15, 0.2) is 0 Å². The van der Waals surface area contributed by atoms with Crippen molar-refractivity contribution in [2.24, 2.45) is 0 Å². The molecule has 0 bridgehead atoms. The van der Waals surface area contributed by atoms with Crippen LogP contribution in [0.3, 0.4) is 0 Å². The number of esters is 1. The maximum atomic E-state index is 12.1. The summed E-state index contributed by atoms with van der Waals surface area (Å²) < 4.78 is 52.1. The van der Waals surface area contributed by atoms with Crippen LogP contribution in [0.25, 0.3) is 0 Å². The minimum Gasteiger partial charge on any atom is -0.438 e. The molecule has 0 aromatic heterocycles. The van der Waals surface area contributed by atoms with Crippen molar-refractivity contribution < 1.29 is 27.1 Å². The van der Waals surface area contributed by atoms with Crippen molar-refractivity contribution in [3.63, 3.8) is 0 Å². The SMILES string of the molecule is O=C(OC1CNCCN1CCF)C(F)(F)F. The second-order valence-electron chi connectivity index (χ2n) is 3.29. The van der Waals surface area contributed by atoms with Crippen LogP contribution in [0.2, 0.25) is 0 Å². The summed E-state index contributed by atoms with van der Waals surface area (Å²) in [6.45, 7) is 0.208. The second-order valence-corrected chi connectivity index (χ2v) is 3.29.